The third-order valence-corrected chi connectivity index (χ3v) is 7.08. The number of allylic oxidation sites excluding steroid dienone is 5. The van der Waals surface area contributed by atoms with E-state index in [-0.39, 0.29) is 23.3 Å². The van der Waals surface area contributed by atoms with Crippen LogP contribution in [0.15, 0.2) is 37.1 Å². The largest absolute Gasteiger partial charge is 0.467 e. The summed E-state index contributed by atoms with van der Waals surface area (Å²) in [4.78, 5) is 17.2. The number of hydrogen-bond acceptors (Lipinski definition) is 8. The number of aromatic nitrogens is 3. The minimum absolute atomic E-state index is 0.0124. The smallest absolute Gasteiger partial charge is 0.318 e. The molecule has 3 aliphatic rings. The van der Waals surface area contributed by atoms with Crippen LogP contribution in [0.2, 0.25) is 0 Å². The van der Waals surface area contributed by atoms with Gasteiger partial charge in [0.25, 0.3) is 0 Å². The third-order valence-electron chi connectivity index (χ3n) is 7.08. The van der Waals surface area contributed by atoms with E-state index >= 15 is 4.39 Å². The van der Waals surface area contributed by atoms with Crippen LogP contribution in [0.3, 0.4) is 0 Å². The molecule has 1 N–H and O–H groups in total. The van der Waals surface area contributed by atoms with E-state index in [4.69, 9.17) is 10.00 Å². The monoisotopic (exact) mass is 553 g/mol. The van der Waals surface area contributed by atoms with Gasteiger partial charge in [-0.15, -0.1) is 0 Å². The summed E-state index contributed by atoms with van der Waals surface area (Å²) in [6.07, 6.45) is 11.9. The van der Waals surface area contributed by atoms with Crippen molar-refractivity contribution in [3.05, 3.63) is 48.6 Å². The molecule has 0 saturated carbocycles. The highest BCUT2D eigenvalue weighted by Gasteiger charge is 2.34. The molecule has 8 nitrogen and oxygen atoms in total. The van der Waals surface area contributed by atoms with Crippen molar-refractivity contribution in [3.8, 4) is 12.1 Å². The quantitative estimate of drug-likeness (QED) is 0.487. The molecule has 0 amide bonds. The number of nitrogens with one attached hydrogen (secondary N) is 1. The second-order valence-electron chi connectivity index (χ2n) is 9.71. The maximum Gasteiger partial charge on any atom is 0.318 e. The van der Waals surface area contributed by atoms with Gasteiger partial charge in [-0.25, -0.2) is 8.78 Å². The Balaban J connectivity index is 0.000000333. The number of nitriles is 1. The Bertz CT molecular complexity index is 1230. The number of rotatable bonds is 6. The first-order valence-electron chi connectivity index (χ1n) is 14.1. The first-order valence-corrected chi connectivity index (χ1v) is 14.1. The molecule has 216 valence electrons. The molecule has 0 spiro atoms. The highest BCUT2D eigenvalue weighted by atomic mass is 19.1. The van der Waals surface area contributed by atoms with Gasteiger partial charge in [0.15, 0.2) is 5.82 Å². The summed E-state index contributed by atoms with van der Waals surface area (Å²) in [5.41, 5.74) is 0.707. The van der Waals surface area contributed by atoms with E-state index in [1.165, 1.54) is 20.0 Å². The second-order valence-corrected chi connectivity index (χ2v) is 9.71. The van der Waals surface area contributed by atoms with E-state index in [1.54, 1.807) is 18.3 Å². The Morgan fingerprint density at radius 3 is 2.77 bits per heavy atom. The van der Waals surface area contributed by atoms with Crippen LogP contribution in [-0.4, -0.2) is 77.9 Å². The van der Waals surface area contributed by atoms with E-state index in [9.17, 15) is 4.39 Å². The maximum atomic E-state index is 15.3. The SMILES string of the molecule is C=C(/C=C\C=C/C)c1ncc2c(N3CCNC(CC#N)C3)nc(OC)nc2c1F.CC.FC1CC2CCCN2C1. The van der Waals surface area contributed by atoms with Crippen LogP contribution in [-0.2, 0) is 0 Å². The Morgan fingerprint density at radius 1 is 1.27 bits per heavy atom. The van der Waals surface area contributed by atoms with Gasteiger partial charge in [-0.1, -0.05) is 44.7 Å². The molecule has 0 radical (unpaired) electrons. The molecule has 40 heavy (non-hydrogen) atoms. The van der Waals surface area contributed by atoms with E-state index in [1.807, 2.05) is 37.8 Å². The summed E-state index contributed by atoms with van der Waals surface area (Å²) >= 11 is 0. The van der Waals surface area contributed by atoms with Crippen LogP contribution in [0.25, 0.3) is 16.5 Å². The predicted octanol–water partition coefficient (Wildman–Crippen LogP) is 5.23. The summed E-state index contributed by atoms with van der Waals surface area (Å²) in [5.74, 6) is -0.0207. The summed E-state index contributed by atoms with van der Waals surface area (Å²) in [6, 6.07) is 2.88. The van der Waals surface area contributed by atoms with Crippen LogP contribution < -0.4 is 15.0 Å². The molecule has 3 fully saturated rings. The van der Waals surface area contributed by atoms with Gasteiger partial charge in [-0.2, -0.15) is 15.2 Å². The highest BCUT2D eigenvalue weighted by Crippen LogP contribution is 2.31. The zero-order valence-corrected chi connectivity index (χ0v) is 24.0. The van der Waals surface area contributed by atoms with Crippen molar-refractivity contribution in [1.82, 2.24) is 25.2 Å². The van der Waals surface area contributed by atoms with Crippen molar-refractivity contribution in [3.63, 3.8) is 0 Å². The molecule has 3 atom stereocenters. The summed E-state index contributed by atoms with van der Waals surface area (Å²) in [7, 11) is 1.44. The molecule has 0 aliphatic carbocycles. The second kappa shape index (κ2) is 15.4. The highest BCUT2D eigenvalue weighted by molar-refractivity contribution is 5.92. The zero-order valence-electron chi connectivity index (χ0n) is 24.0. The summed E-state index contributed by atoms with van der Waals surface area (Å²) < 4.78 is 33.1. The number of alkyl halides is 1. The minimum atomic E-state index is -0.566. The van der Waals surface area contributed by atoms with Crippen molar-refractivity contribution in [2.45, 2.75) is 64.7 Å². The van der Waals surface area contributed by atoms with E-state index in [0.717, 1.165) is 13.0 Å². The molecule has 5 heterocycles. The number of piperazine rings is 1. The number of nitrogens with zero attached hydrogens (tertiary/aromatic N) is 6. The third kappa shape index (κ3) is 7.61. The number of methoxy groups -OCH3 is 1. The number of pyridine rings is 1. The molecule has 5 rings (SSSR count). The molecule has 3 aliphatic heterocycles. The fourth-order valence-electron chi connectivity index (χ4n) is 5.23. The first kappa shape index (κ1) is 31.1. The van der Waals surface area contributed by atoms with Crippen molar-refractivity contribution in [2.24, 2.45) is 0 Å². The number of fused-ring (bicyclic) bond motifs is 2. The average Bonchev–Trinajstić information content (AvgIpc) is 3.55. The lowest BCUT2D eigenvalue weighted by Crippen LogP contribution is -2.51. The van der Waals surface area contributed by atoms with Gasteiger partial charge in [-0.05, 0) is 38.3 Å². The molecule has 10 heteroatoms. The van der Waals surface area contributed by atoms with Gasteiger partial charge in [-0.3, -0.25) is 9.88 Å². The lowest BCUT2D eigenvalue weighted by molar-refractivity contribution is 0.292. The van der Waals surface area contributed by atoms with Gasteiger partial charge < -0.3 is 15.0 Å². The fourth-order valence-corrected chi connectivity index (χ4v) is 5.23. The van der Waals surface area contributed by atoms with E-state index < -0.39 is 12.0 Å². The normalized spacial score (nSPS) is 22.4. The van der Waals surface area contributed by atoms with Crippen molar-refractivity contribution < 1.29 is 13.5 Å². The molecule has 2 aromatic heterocycles. The Morgan fingerprint density at radius 2 is 2.08 bits per heavy atom. The van der Waals surface area contributed by atoms with Gasteiger partial charge in [0.05, 0.1) is 25.0 Å². The number of ether oxygens (including phenoxy) is 1. The number of halogens is 2. The lowest BCUT2D eigenvalue weighted by atomic mass is 10.1. The van der Waals surface area contributed by atoms with Crippen LogP contribution >= 0.6 is 0 Å². The molecule has 2 aromatic rings. The molecule has 0 bridgehead atoms. The molecule has 0 aromatic carbocycles. The van der Waals surface area contributed by atoms with E-state index in [2.05, 4.69) is 37.8 Å². The van der Waals surface area contributed by atoms with Crippen molar-refractivity contribution >= 4 is 22.3 Å². The summed E-state index contributed by atoms with van der Waals surface area (Å²) in [5, 5.41) is 12.8. The van der Waals surface area contributed by atoms with Crippen molar-refractivity contribution in [1.29, 1.82) is 5.26 Å². The topological polar surface area (TPSA) is 90.2 Å². The fraction of sp³-hybridized carbons (Fsp3) is 0.533. The Labute approximate surface area is 236 Å². The standard InChI is InChI=1S/C21H23FN6O.C7H12FN.C2H6/c1-4-5-6-7-14(2)18-17(22)19-16(12-25-18)20(27-21(26-19)29-3)28-11-10-24-15(13-28)8-9-23;8-6-4-7-2-1-3-9(7)5-6;1-2/h4-7,12,15,24H,2,8,10-11,13H2,1,3H3;6-7H,1-5H2;1-2H3/b5-4-,7-6-;;. The van der Waals surface area contributed by atoms with Crippen LogP contribution in [0, 0.1) is 17.1 Å². The zero-order chi connectivity index (χ0) is 29.1. The summed E-state index contributed by atoms with van der Waals surface area (Å²) in [6.45, 7) is 13.6. The van der Waals surface area contributed by atoms with Gasteiger partial charge in [0.1, 0.15) is 23.2 Å². The average molecular weight is 554 g/mol. The van der Waals surface area contributed by atoms with Crippen molar-refractivity contribution in [2.75, 3.05) is 44.7 Å². The van der Waals surface area contributed by atoms with Crippen LogP contribution in [0.1, 0.15) is 52.1 Å². The number of anilines is 1. The number of hydrogen-bond donors (Lipinski definition) is 1. The molecular formula is C30H41F2N7O. The maximum absolute atomic E-state index is 15.3. The molecule has 3 saturated heterocycles. The first-order chi connectivity index (χ1) is 19.4. The Hall–Kier alpha value is -3.42. The molecular weight excluding hydrogens is 512 g/mol. The van der Waals surface area contributed by atoms with Gasteiger partial charge >= 0.3 is 6.01 Å². The van der Waals surface area contributed by atoms with Crippen LogP contribution in [0.4, 0.5) is 14.6 Å². The Kier molecular flexibility index (Phi) is 12.0. The van der Waals surface area contributed by atoms with E-state index in [0.29, 0.717) is 55.4 Å². The van der Waals surface area contributed by atoms with Gasteiger partial charge in [0, 0.05) is 44.5 Å². The van der Waals surface area contributed by atoms with Gasteiger partial charge in [0.2, 0.25) is 0 Å². The predicted molar refractivity (Wildman–Crippen MR) is 157 cm³/mol. The minimum Gasteiger partial charge on any atom is -0.467 e. The lowest BCUT2D eigenvalue weighted by Gasteiger charge is -2.34. The van der Waals surface area contributed by atoms with Crippen LogP contribution in [0.5, 0.6) is 6.01 Å². The molecule has 3 unspecified atom stereocenters.